The second kappa shape index (κ2) is 5.10. The zero-order valence-electron chi connectivity index (χ0n) is 11.4. The molecule has 100 valence electrons. The van der Waals surface area contributed by atoms with Crippen LogP contribution in [0.5, 0.6) is 0 Å². The number of nitrogens with two attached hydrogens (primary N) is 1. The summed E-state index contributed by atoms with van der Waals surface area (Å²) in [6.45, 7) is 2.32. The number of hydrogen-bond acceptors (Lipinski definition) is 2. The third-order valence-corrected chi connectivity index (χ3v) is 5.22. The van der Waals surface area contributed by atoms with E-state index in [2.05, 4.69) is 48.0 Å². The van der Waals surface area contributed by atoms with Gasteiger partial charge in [0.15, 0.2) is 0 Å². The van der Waals surface area contributed by atoms with E-state index in [0.717, 1.165) is 19.3 Å². The van der Waals surface area contributed by atoms with Gasteiger partial charge in [-0.05, 0) is 65.1 Å². The molecule has 2 N–H and O–H groups in total. The Morgan fingerprint density at radius 3 is 2.95 bits per heavy atom. The van der Waals surface area contributed by atoms with Crippen LogP contribution in [0.15, 0.2) is 41.1 Å². The van der Waals surface area contributed by atoms with Crippen LogP contribution in [0.2, 0.25) is 0 Å². The fourth-order valence-corrected chi connectivity index (χ4v) is 3.91. The molecule has 1 nitrogen and oxygen atoms in total. The van der Waals surface area contributed by atoms with E-state index >= 15 is 0 Å². The summed E-state index contributed by atoms with van der Waals surface area (Å²) in [7, 11) is 0. The molecule has 2 aromatic rings. The smallest absolute Gasteiger partial charge is 0.0415 e. The summed E-state index contributed by atoms with van der Waals surface area (Å²) in [6.07, 6.45) is 4.45. The lowest BCUT2D eigenvalue weighted by Gasteiger charge is -2.38. The summed E-state index contributed by atoms with van der Waals surface area (Å²) in [5.41, 5.74) is 10.9. The first-order chi connectivity index (χ1) is 9.19. The Balaban J connectivity index is 1.85. The number of hydrogen-bond donors (Lipinski definition) is 1. The van der Waals surface area contributed by atoms with Crippen molar-refractivity contribution in [3.05, 3.63) is 57.8 Å². The molecule has 3 rings (SSSR count). The first-order valence-corrected chi connectivity index (χ1v) is 8.03. The zero-order chi connectivity index (χ0) is 13.3. The summed E-state index contributed by atoms with van der Waals surface area (Å²) in [5, 5.41) is 4.39. The summed E-state index contributed by atoms with van der Waals surface area (Å²) < 4.78 is 0. The lowest BCUT2D eigenvalue weighted by Crippen LogP contribution is -2.41. The minimum atomic E-state index is -0.134. The van der Waals surface area contributed by atoms with Crippen molar-refractivity contribution in [3.63, 3.8) is 0 Å². The van der Waals surface area contributed by atoms with E-state index in [1.165, 1.54) is 23.1 Å². The van der Waals surface area contributed by atoms with Crippen molar-refractivity contribution in [2.45, 2.75) is 44.1 Å². The molecule has 0 radical (unpaired) electrons. The lowest BCUT2D eigenvalue weighted by molar-refractivity contribution is 0.328. The molecule has 1 heterocycles. The Labute approximate surface area is 119 Å². The molecule has 19 heavy (non-hydrogen) atoms. The number of rotatable bonds is 3. The highest BCUT2D eigenvalue weighted by Crippen LogP contribution is 2.41. The van der Waals surface area contributed by atoms with Crippen molar-refractivity contribution in [3.8, 4) is 0 Å². The summed E-state index contributed by atoms with van der Waals surface area (Å²) >= 11 is 1.77. The second-order valence-corrected chi connectivity index (χ2v) is 6.59. The Hall–Kier alpha value is -1.12. The van der Waals surface area contributed by atoms with Gasteiger partial charge in [-0.1, -0.05) is 31.2 Å². The topological polar surface area (TPSA) is 26.0 Å². The third-order valence-electron chi connectivity index (χ3n) is 4.49. The molecule has 1 aromatic carbocycles. The fraction of sp³-hybridized carbons (Fsp3) is 0.412. The van der Waals surface area contributed by atoms with E-state index in [9.17, 15) is 0 Å². The monoisotopic (exact) mass is 271 g/mol. The molecule has 2 unspecified atom stereocenters. The maximum absolute atomic E-state index is 6.75. The van der Waals surface area contributed by atoms with Gasteiger partial charge in [-0.25, -0.2) is 0 Å². The molecule has 1 aliphatic rings. The van der Waals surface area contributed by atoms with Gasteiger partial charge in [-0.15, -0.1) is 0 Å². The van der Waals surface area contributed by atoms with E-state index in [4.69, 9.17) is 5.73 Å². The standard InChI is InChI=1S/C17H21NS/c1-13-6-9-17(18,10-7-14-8-11-19-12-14)16-5-3-2-4-15(13)16/h2-5,8,11-13H,6-7,9-10,18H2,1H3. The Bertz CT molecular complexity index is 546. The van der Waals surface area contributed by atoms with Gasteiger partial charge in [0, 0.05) is 5.54 Å². The Morgan fingerprint density at radius 2 is 2.16 bits per heavy atom. The molecule has 0 saturated heterocycles. The van der Waals surface area contributed by atoms with Gasteiger partial charge < -0.3 is 5.73 Å². The molecular formula is C17H21NS. The predicted molar refractivity (Wildman–Crippen MR) is 82.6 cm³/mol. The molecule has 1 aliphatic carbocycles. The number of fused-ring (bicyclic) bond motifs is 1. The van der Waals surface area contributed by atoms with Gasteiger partial charge in [0.05, 0.1) is 0 Å². The van der Waals surface area contributed by atoms with E-state index in [1.807, 2.05) is 0 Å². The van der Waals surface area contributed by atoms with Crippen molar-refractivity contribution in [2.75, 3.05) is 0 Å². The number of aryl methyl sites for hydroxylation is 1. The van der Waals surface area contributed by atoms with E-state index in [-0.39, 0.29) is 5.54 Å². The van der Waals surface area contributed by atoms with Crippen molar-refractivity contribution in [2.24, 2.45) is 5.73 Å². The average Bonchev–Trinajstić information content (AvgIpc) is 2.95. The summed E-state index contributed by atoms with van der Waals surface area (Å²) in [6, 6.07) is 11.0. The van der Waals surface area contributed by atoms with Crippen LogP contribution in [0.1, 0.15) is 48.8 Å². The maximum Gasteiger partial charge on any atom is 0.0415 e. The molecule has 2 atom stereocenters. The minimum Gasteiger partial charge on any atom is -0.321 e. The van der Waals surface area contributed by atoms with E-state index < -0.39 is 0 Å². The van der Waals surface area contributed by atoms with Crippen LogP contribution in [0.3, 0.4) is 0 Å². The van der Waals surface area contributed by atoms with Gasteiger partial charge >= 0.3 is 0 Å². The number of thiophene rings is 1. The van der Waals surface area contributed by atoms with Crippen LogP contribution >= 0.6 is 11.3 Å². The molecule has 0 aliphatic heterocycles. The SMILES string of the molecule is CC1CCC(N)(CCc2ccsc2)c2ccccc21. The molecular weight excluding hydrogens is 250 g/mol. The van der Waals surface area contributed by atoms with Crippen LogP contribution in [0.25, 0.3) is 0 Å². The third kappa shape index (κ3) is 2.47. The first-order valence-electron chi connectivity index (χ1n) is 7.08. The van der Waals surface area contributed by atoms with Crippen LogP contribution in [-0.4, -0.2) is 0 Å². The highest BCUT2D eigenvalue weighted by Gasteiger charge is 2.34. The van der Waals surface area contributed by atoms with E-state index in [0.29, 0.717) is 5.92 Å². The van der Waals surface area contributed by atoms with Crippen molar-refractivity contribution in [1.82, 2.24) is 0 Å². The maximum atomic E-state index is 6.75. The molecule has 0 fully saturated rings. The second-order valence-electron chi connectivity index (χ2n) is 5.81. The Morgan fingerprint density at radius 1 is 1.32 bits per heavy atom. The molecule has 0 bridgehead atoms. The normalized spacial score (nSPS) is 26.1. The van der Waals surface area contributed by atoms with Crippen LogP contribution in [-0.2, 0) is 12.0 Å². The van der Waals surface area contributed by atoms with Gasteiger partial charge in [0.2, 0.25) is 0 Å². The summed E-state index contributed by atoms with van der Waals surface area (Å²) in [5.74, 6) is 0.647. The molecule has 2 heteroatoms. The van der Waals surface area contributed by atoms with Gasteiger partial charge in [-0.2, -0.15) is 11.3 Å². The highest BCUT2D eigenvalue weighted by atomic mass is 32.1. The highest BCUT2D eigenvalue weighted by molar-refractivity contribution is 7.07. The molecule has 0 amide bonds. The number of benzene rings is 1. The molecule has 0 saturated carbocycles. The van der Waals surface area contributed by atoms with Crippen molar-refractivity contribution < 1.29 is 0 Å². The minimum absolute atomic E-state index is 0.134. The van der Waals surface area contributed by atoms with Crippen LogP contribution in [0.4, 0.5) is 0 Å². The average molecular weight is 271 g/mol. The first kappa shape index (κ1) is 12.9. The van der Waals surface area contributed by atoms with Gasteiger partial charge in [0.25, 0.3) is 0 Å². The zero-order valence-corrected chi connectivity index (χ0v) is 12.2. The van der Waals surface area contributed by atoms with Crippen LogP contribution in [0, 0.1) is 0 Å². The quantitative estimate of drug-likeness (QED) is 0.878. The van der Waals surface area contributed by atoms with Crippen LogP contribution < -0.4 is 5.73 Å². The van der Waals surface area contributed by atoms with Crippen molar-refractivity contribution in [1.29, 1.82) is 0 Å². The molecule has 1 aromatic heterocycles. The van der Waals surface area contributed by atoms with Gasteiger partial charge in [-0.3, -0.25) is 0 Å². The predicted octanol–water partition coefficient (Wildman–Crippen LogP) is 4.43. The van der Waals surface area contributed by atoms with Gasteiger partial charge in [0.1, 0.15) is 0 Å². The molecule has 0 spiro atoms. The van der Waals surface area contributed by atoms with E-state index in [1.54, 1.807) is 11.3 Å². The lowest BCUT2D eigenvalue weighted by atomic mass is 9.71. The largest absolute Gasteiger partial charge is 0.321 e. The Kier molecular flexibility index (Phi) is 3.46. The fourth-order valence-electron chi connectivity index (χ4n) is 3.21. The van der Waals surface area contributed by atoms with Crippen molar-refractivity contribution >= 4 is 11.3 Å². The summed E-state index contributed by atoms with van der Waals surface area (Å²) in [4.78, 5) is 0.